The molecular weight excluding hydrogens is 212 g/mol. The van der Waals surface area contributed by atoms with Crippen molar-refractivity contribution in [2.45, 2.75) is 0 Å². The summed E-state index contributed by atoms with van der Waals surface area (Å²) >= 11 is 5.73. The maximum absolute atomic E-state index is 5.73. The summed E-state index contributed by atoms with van der Waals surface area (Å²) in [7, 11) is 0. The number of hydrogen-bond acceptors (Lipinski definition) is 3. The average Bonchev–Trinajstić information content (AvgIpc) is 2.22. The number of halogens is 1. The normalized spacial score (nSPS) is 9.93. The van der Waals surface area contributed by atoms with E-state index in [1.807, 2.05) is 0 Å². The van der Waals surface area contributed by atoms with Crippen molar-refractivity contribution in [3.05, 3.63) is 47.6 Å². The van der Waals surface area contributed by atoms with Crippen molar-refractivity contribution in [1.82, 2.24) is 4.98 Å². The molecular formula is C11H9ClN2O. The van der Waals surface area contributed by atoms with Crippen molar-refractivity contribution in [1.29, 1.82) is 0 Å². The zero-order chi connectivity index (χ0) is 10.7. The largest absolute Gasteiger partial charge is 0.439 e. The lowest BCUT2D eigenvalue weighted by Gasteiger charge is -2.04. The Morgan fingerprint density at radius 1 is 1.07 bits per heavy atom. The molecule has 0 fully saturated rings. The summed E-state index contributed by atoms with van der Waals surface area (Å²) < 4.78 is 5.46. The van der Waals surface area contributed by atoms with Crippen molar-refractivity contribution >= 4 is 17.3 Å². The maximum Gasteiger partial charge on any atom is 0.220 e. The van der Waals surface area contributed by atoms with Crippen LogP contribution in [0.25, 0.3) is 0 Å². The SMILES string of the molecule is Nc1ccc(Oc2cccc(Cl)n2)cc1. The molecule has 0 unspecified atom stereocenters. The molecule has 0 amide bonds. The molecule has 2 N–H and O–H groups in total. The Morgan fingerprint density at radius 2 is 1.80 bits per heavy atom. The Bertz CT molecular complexity index is 456. The van der Waals surface area contributed by atoms with E-state index >= 15 is 0 Å². The van der Waals surface area contributed by atoms with Gasteiger partial charge in [-0.05, 0) is 30.3 Å². The fourth-order valence-corrected chi connectivity index (χ4v) is 1.26. The number of rotatable bonds is 2. The van der Waals surface area contributed by atoms with Crippen LogP contribution in [0.1, 0.15) is 0 Å². The first-order chi connectivity index (χ1) is 7.24. The third-order valence-corrected chi connectivity index (χ3v) is 2.00. The van der Waals surface area contributed by atoms with Gasteiger partial charge in [-0.15, -0.1) is 0 Å². The Balaban J connectivity index is 2.18. The molecule has 3 nitrogen and oxygen atoms in total. The van der Waals surface area contributed by atoms with Crippen LogP contribution in [0.3, 0.4) is 0 Å². The first-order valence-electron chi connectivity index (χ1n) is 4.40. The standard InChI is InChI=1S/C11H9ClN2O/c12-10-2-1-3-11(14-10)15-9-6-4-8(13)5-7-9/h1-7H,13H2. The highest BCUT2D eigenvalue weighted by Crippen LogP contribution is 2.21. The lowest BCUT2D eigenvalue weighted by Crippen LogP contribution is -1.88. The highest BCUT2D eigenvalue weighted by Gasteiger charge is 1.98. The molecule has 0 spiro atoms. The van der Waals surface area contributed by atoms with Gasteiger partial charge in [-0.1, -0.05) is 17.7 Å². The van der Waals surface area contributed by atoms with E-state index in [0.717, 1.165) is 0 Å². The quantitative estimate of drug-likeness (QED) is 0.625. The molecule has 2 rings (SSSR count). The Morgan fingerprint density at radius 3 is 2.47 bits per heavy atom. The van der Waals surface area contributed by atoms with E-state index in [2.05, 4.69) is 4.98 Å². The molecule has 1 heterocycles. The van der Waals surface area contributed by atoms with Crippen LogP contribution in [0.4, 0.5) is 5.69 Å². The van der Waals surface area contributed by atoms with Crippen LogP contribution in [0, 0.1) is 0 Å². The number of nitrogens with zero attached hydrogens (tertiary/aromatic N) is 1. The number of ether oxygens (including phenoxy) is 1. The third-order valence-electron chi connectivity index (χ3n) is 1.79. The zero-order valence-electron chi connectivity index (χ0n) is 7.85. The molecule has 0 aliphatic rings. The van der Waals surface area contributed by atoms with Gasteiger partial charge >= 0.3 is 0 Å². The van der Waals surface area contributed by atoms with Crippen molar-refractivity contribution in [2.24, 2.45) is 0 Å². The first kappa shape index (κ1) is 9.80. The fourth-order valence-electron chi connectivity index (χ4n) is 1.10. The van der Waals surface area contributed by atoms with E-state index in [0.29, 0.717) is 22.5 Å². The van der Waals surface area contributed by atoms with E-state index in [-0.39, 0.29) is 0 Å². The number of aromatic nitrogens is 1. The van der Waals surface area contributed by atoms with Gasteiger partial charge in [-0.3, -0.25) is 0 Å². The van der Waals surface area contributed by atoms with Crippen molar-refractivity contribution in [3.8, 4) is 11.6 Å². The van der Waals surface area contributed by atoms with Gasteiger partial charge in [0, 0.05) is 11.8 Å². The van der Waals surface area contributed by atoms with Gasteiger partial charge in [0.2, 0.25) is 5.88 Å². The van der Waals surface area contributed by atoms with Crippen LogP contribution in [0.15, 0.2) is 42.5 Å². The van der Waals surface area contributed by atoms with Crippen molar-refractivity contribution in [2.75, 3.05) is 5.73 Å². The highest BCUT2D eigenvalue weighted by molar-refractivity contribution is 6.29. The predicted octanol–water partition coefficient (Wildman–Crippen LogP) is 3.11. The van der Waals surface area contributed by atoms with Crippen LogP contribution < -0.4 is 10.5 Å². The Labute approximate surface area is 92.5 Å². The summed E-state index contributed by atoms with van der Waals surface area (Å²) in [4.78, 5) is 4.00. The molecule has 76 valence electrons. The number of nitrogen functional groups attached to an aromatic ring is 1. The van der Waals surface area contributed by atoms with E-state index < -0.39 is 0 Å². The topological polar surface area (TPSA) is 48.1 Å². The molecule has 0 saturated carbocycles. The van der Waals surface area contributed by atoms with Gasteiger partial charge < -0.3 is 10.5 Å². The number of pyridine rings is 1. The summed E-state index contributed by atoms with van der Waals surface area (Å²) in [5.74, 6) is 1.14. The van der Waals surface area contributed by atoms with E-state index in [1.54, 1.807) is 42.5 Å². The Kier molecular flexibility index (Phi) is 2.74. The van der Waals surface area contributed by atoms with Gasteiger partial charge in [-0.25, -0.2) is 4.98 Å². The zero-order valence-corrected chi connectivity index (χ0v) is 8.61. The monoisotopic (exact) mass is 220 g/mol. The van der Waals surface area contributed by atoms with Gasteiger partial charge in [0.25, 0.3) is 0 Å². The molecule has 4 heteroatoms. The minimum absolute atomic E-state index is 0.406. The van der Waals surface area contributed by atoms with E-state index in [4.69, 9.17) is 22.1 Å². The van der Waals surface area contributed by atoms with Crippen LogP contribution in [-0.4, -0.2) is 4.98 Å². The molecule has 1 aromatic carbocycles. The molecule has 0 saturated heterocycles. The summed E-state index contributed by atoms with van der Waals surface area (Å²) in [6, 6.07) is 12.3. The summed E-state index contributed by atoms with van der Waals surface area (Å²) in [6.07, 6.45) is 0. The number of hydrogen-bond donors (Lipinski definition) is 1. The van der Waals surface area contributed by atoms with Gasteiger partial charge in [-0.2, -0.15) is 0 Å². The number of anilines is 1. The van der Waals surface area contributed by atoms with Crippen LogP contribution in [-0.2, 0) is 0 Å². The number of benzene rings is 1. The molecule has 2 aromatic rings. The molecule has 0 atom stereocenters. The lowest BCUT2D eigenvalue weighted by molar-refractivity contribution is 0.463. The Hall–Kier alpha value is -1.74. The highest BCUT2D eigenvalue weighted by atomic mass is 35.5. The molecule has 0 radical (unpaired) electrons. The summed E-state index contributed by atoms with van der Waals surface area (Å²) in [5.41, 5.74) is 6.25. The molecule has 0 aliphatic heterocycles. The summed E-state index contributed by atoms with van der Waals surface area (Å²) in [5, 5.41) is 0.406. The summed E-state index contributed by atoms with van der Waals surface area (Å²) in [6.45, 7) is 0. The minimum atomic E-state index is 0.406. The minimum Gasteiger partial charge on any atom is -0.439 e. The third kappa shape index (κ3) is 2.60. The molecule has 0 bridgehead atoms. The van der Waals surface area contributed by atoms with Gasteiger partial charge in [0.1, 0.15) is 10.9 Å². The molecule has 0 aliphatic carbocycles. The predicted molar refractivity (Wildman–Crippen MR) is 60.2 cm³/mol. The van der Waals surface area contributed by atoms with Crippen LogP contribution in [0.5, 0.6) is 11.6 Å². The van der Waals surface area contributed by atoms with E-state index in [9.17, 15) is 0 Å². The first-order valence-corrected chi connectivity index (χ1v) is 4.78. The molecule has 1 aromatic heterocycles. The lowest BCUT2D eigenvalue weighted by atomic mass is 10.3. The van der Waals surface area contributed by atoms with Gasteiger partial charge in [0.15, 0.2) is 0 Å². The second kappa shape index (κ2) is 4.19. The second-order valence-electron chi connectivity index (χ2n) is 2.97. The van der Waals surface area contributed by atoms with Crippen LogP contribution in [0.2, 0.25) is 5.15 Å². The smallest absolute Gasteiger partial charge is 0.220 e. The number of nitrogens with two attached hydrogens (primary N) is 1. The van der Waals surface area contributed by atoms with Crippen molar-refractivity contribution in [3.63, 3.8) is 0 Å². The maximum atomic E-state index is 5.73. The van der Waals surface area contributed by atoms with E-state index in [1.165, 1.54) is 0 Å². The average molecular weight is 221 g/mol. The fraction of sp³-hybridized carbons (Fsp3) is 0. The van der Waals surface area contributed by atoms with Crippen molar-refractivity contribution < 1.29 is 4.74 Å². The van der Waals surface area contributed by atoms with Gasteiger partial charge in [0.05, 0.1) is 0 Å². The molecule has 15 heavy (non-hydrogen) atoms. The van der Waals surface area contributed by atoms with Crippen LogP contribution >= 0.6 is 11.6 Å². The second-order valence-corrected chi connectivity index (χ2v) is 3.36.